The molecule has 3 rings (SSSR count). The molecular weight excluding hydrogens is 425 g/mol. The molecule has 3 aromatic rings. The summed E-state index contributed by atoms with van der Waals surface area (Å²) < 4.78 is 2.13. The number of non-ortho nitro benzene ring substituents is 1. The fourth-order valence-corrected chi connectivity index (χ4v) is 2.64. The van der Waals surface area contributed by atoms with E-state index in [0.717, 1.165) is 0 Å². The van der Waals surface area contributed by atoms with Crippen molar-refractivity contribution in [3.63, 3.8) is 0 Å². The van der Waals surface area contributed by atoms with Crippen molar-refractivity contribution < 1.29 is 9.72 Å². The summed E-state index contributed by atoms with van der Waals surface area (Å²) in [7, 11) is 0. The molecule has 0 aliphatic rings. The lowest BCUT2D eigenvalue weighted by Crippen LogP contribution is -2.16. The van der Waals surface area contributed by atoms with E-state index in [4.69, 9.17) is 0 Å². The monoisotopic (exact) mass is 435 g/mol. The first-order valence-electron chi connectivity index (χ1n) is 6.76. The summed E-state index contributed by atoms with van der Waals surface area (Å²) in [5.74, 6) is 0.000736. The van der Waals surface area contributed by atoms with E-state index in [1.165, 1.54) is 22.9 Å². The van der Waals surface area contributed by atoms with Crippen molar-refractivity contribution in [3.8, 4) is 5.82 Å². The normalized spacial score (nSPS) is 10.4. The van der Waals surface area contributed by atoms with Crippen LogP contribution in [0.2, 0.25) is 0 Å². The van der Waals surface area contributed by atoms with Crippen LogP contribution in [0.25, 0.3) is 5.82 Å². The number of nitrogens with zero attached hydrogens (tertiary/aromatic N) is 4. The molecule has 0 aliphatic heterocycles. The standard InChI is InChI=1S/C15H10IN5O3/c16-12-5-4-10(21(23)24)9-11(12)15(22)19-13-3-1-6-17-14(13)20-8-2-7-18-20/h1-9H,(H,19,22). The molecule has 0 spiro atoms. The van der Waals surface area contributed by atoms with E-state index < -0.39 is 10.8 Å². The molecule has 0 aliphatic carbocycles. The maximum atomic E-state index is 12.5. The number of aromatic nitrogens is 3. The van der Waals surface area contributed by atoms with Gasteiger partial charge in [-0.2, -0.15) is 5.10 Å². The first kappa shape index (κ1) is 16.1. The number of nitrogens with one attached hydrogen (secondary N) is 1. The maximum absolute atomic E-state index is 12.5. The fourth-order valence-electron chi connectivity index (χ4n) is 2.06. The quantitative estimate of drug-likeness (QED) is 0.386. The minimum Gasteiger partial charge on any atom is -0.319 e. The van der Waals surface area contributed by atoms with Gasteiger partial charge in [0, 0.05) is 34.3 Å². The number of nitro benzene ring substituents is 1. The average Bonchev–Trinajstić information content (AvgIpc) is 3.09. The molecule has 0 bridgehead atoms. The van der Waals surface area contributed by atoms with Gasteiger partial charge < -0.3 is 5.32 Å². The molecule has 1 N–H and O–H groups in total. The molecular formula is C15H10IN5O3. The topological polar surface area (TPSA) is 103 Å². The van der Waals surface area contributed by atoms with Crippen molar-refractivity contribution in [2.45, 2.75) is 0 Å². The lowest BCUT2D eigenvalue weighted by atomic mass is 10.2. The van der Waals surface area contributed by atoms with Gasteiger partial charge in [0.2, 0.25) is 0 Å². The third kappa shape index (κ3) is 3.25. The number of amides is 1. The van der Waals surface area contributed by atoms with Crippen LogP contribution >= 0.6 is 22.6 Å². The van der Waals surface area contributed by atoms with Crippen LogP contribution in [0.1, 0.15) is 10.4 Å². The van der Waals surface area contributed by atoms with E-state index in [1.54, 1.807) is 36.8 Å². The number of carbonyl (C=O) groups is 1. The molecule has 0 saturated carbocycles. The highest BCUT2D eigenvalue weighted by atomic mass is 127. The second-order valence-corrected chi connectivity index (χ2v) is 5.86. The Hall–Kier alpha value is -2.82. The highest BCUT2D eigenvalue weighted by molar-refractivity contribution is 14.1. The number of hydrogen-bond donors (Lipinski definition) is 1. The van der Waals surface area contributed by atoms with Gasteiger partial charge in [0.05, 0.1) is 16.2 Å². The van der Waals surface area contributed by atoms with E-state index in [2.05, 4.69) is 15.4 Å². The summed E-state index contributed by atoms with van der Waals surface area (Å²) in [6.07, 6.45) is 4.89. The smallest absolute Gasteiger partial charge is 0.270 e. The Morgan fingerprint density at radius 3 is 2.79 bits per heavy atom. The summed E-state index contributed by atoms with van der Waals surface area (Å²) in [6.45, 7) is 0. The van der Waals surface area contributed by atoms with Gasteiger partial charge in [-0.3, -0.25) is 14.9 Å². The molecule has 2 heterocycles. The Morgan fingerprint density at radius 2 is 2.08 bits per heavy atom. The molecule has 9 heteroatoms. The van der Waals surface area contributed by atoms with Crippen molar-refractivity contribution in [1.29, 1.82) is 0 Å². The molecule has 2 aromatic heterocycles. The van der Waals surface area contributed by atoms with Crippen molar-refractivity contribution in [1.82, 2.24) is 14.8 Å². The van der Waals surface area contributed by atoms with Crippen molar-refractivity contribution in [3.05, 3.63) is 74.2 Å². The Morgan fingerprint density at radius 1 is 1.25 bits per heavy atom. The lowest BCUT2D eigenvalue weighted by molar-refractivity contribution is -0.384. The molecule has 1 aromatic carbocycles. The van der Waals surface area contributed by atoms with Crippen LogP contribution < -0.4 is 5.32 Å². The maximum Gasteiger partial charge on any atom is 0.270 e. The predicted octanol–water partition coefficient (Wildman–Crippen LogP) is 3.03. The number of pyridine rings is 1. The van der Waals surface area contributed by atoms with E-state index in [9.17, 15) is 14.9 Å². The highest BCUT2D eigenvalue weighted by Gasteiger charge is 2.17. The van der Waals surface area contributed by atoms with Gasteiger partial charge in [-0.1, -0.05) is 0 Å². The minimum absolute atomic E-state index is 0.140. The zero-order valence-corrected chi connectivity index (χ0v) is 14.2. The highest BCUT2D eigenvalue weighted by Crippen LogP contribution is 2.22. The van der Waals surface area contributed by atoms with E-state index in [1.807, 2.05) is 22.6 Å². The van der Waals surface area contributed by atoms with Crippen LogP contribution in [0.15, 0.2) is 55.0 Å². The zero-order valence-electron chi connectivity index (χ0n) is 12.1. The summed E-state index contributed by atoms with van der Waals surface area (Å²) >= 11 is 1.96. The van der Waals surface area contributed by atoms with Crippen LogP contribution in [0, 0.1) is 13.7 Å². The van der Waals surface area contributed by atoms with E-state index >= 15 is 0 Å². The zero-order chi connectivity index (χ0) is 17.1. The Labute approximate surface area is 149 Å². The average molecular weight is 435 g/mol. The number of anilines is 1. The van der Waals surface area contributed by atoms with Crippen molar-refractivity contribution in [2.24, 2.45) is 0 Å². The summed E-state index contributed by atoms with van der Waals surface area (Å²) in [4.78, 5) is 27.1. The van der Waals surface area contributed by atoms with Crippen molar-refractivity contribution in [2.75, 3.05) is 5.32 Å². The molecule has 0 fully saturated rings. The van der Waals surface area contributed by atoms with Crippen molar-refractivity contribution >= 4 is 39.9 Å². The molecule has 8 nitrogen and oxygen atoms in total. The number of benzene rings is 1. The second-order valence-electron chi connectivity index (χ2n) is 4.70. The second kappa shape index (κ2) is 6.74. The molecule has 120 valence electrons. The third-order valence-electron chi connectivity index (χ3n) is 3.16. The third-order valence-corrected chi connectivity index (χ3v) is 4.10. The minimum atomic E-state index is -0.536. The van der Waals surface area contributed by atoms with Gasteiger partial charge in [0.25, 0.3) is 11.6 Å². The number of hydrogen-bond acceptors (Lipinski definition) is 5. The summed E-state index contributed by atoms with van der Waals surface area (Å²) in [5, 5.41) is 17.7. The SMILES string of the molecule is O=C(Nc1cccnc1-n1cccn1)c1cc([N+](=O)[O-])ccc1I. The van der Waals surface area contributed by atoms with Crippen LogP contribution in [0.3, 0.4) is 0 Å². The van der Waals surface area contributed by atoms with Crippen LogP contribution in [-0.2, 0) is 0 Å². The number of nitro groups is 1. The fraction of sp³-hybridized carbons (Fsp3) is 0. The number of halogens is 1. The van der Waals surface area contributed by atoms with Gasteiger partial charge in [-0.25, -0.2) is 9.67 Å². The molecule has 0 atom stereocenters. The van der Waals surface area contributed by atoms with Gasteiger partial charge in [-0.15, -0.1) is 0 Å². The van der Waals surface area contributed by atoms with Gasteiger partial charge in [0.15, 0.2) is 5.82 Å². The molecule has 0 unspecified atom stereocenters. The van der Waals surface area contributed by atoms with Gasteiger partial charge >= 0.3 is 0 Å². The lowest BCUT2D eigenvalue weighted by Gasteiger charge is -2.10. The molecule has 24 heavy (non-hydrogen) atoms. The predicted molar refractivity (Wildman–Crippen MR) is 95.1 cm³/mol. The first-order valence-corrected chi connectivity index (χ1v) is 7.84. The number of carbonyl (C=O) groups excluding carboxylic acids is 1. The summed E-state index contributed by atoms with van der Waals surface area (Å²) in [6, 6.07) is 9.25. The van der Waals surface area contributed by atoms with Gasteiger partial charge in [0.1, 0.15) is 0 Å². The van der Waals surface area contributed by atoms with E-state index in [0.29, 0.717) is 15.1 Å². The Kier molecular flexibility index (Phi) is 4.51. The molecule has 0 saturated heterocycles. The number of rotatable bonds is 4. The molecule has 1 amide bonds. The summed E-state index contributed by atoms with van der Waals surface area (Å²) in [5.41, 5.74) is 0.535. The van der Waals surface area contributed by atoms with Crippen LogP contribution in [0.5, 0.6) is 0 Å². The van der Waals surface area contributed by atoms with Crippen LogP contribution in [0.4, 0.5) is 11.4 Å². The van der Waals surface area contributed by atoms with Crippen LogP contribution in [-0.4, -0.2) is 25.6 Å². The van der Waals surface area contributed by atoms with E-state index in [-0.39, 0.29) is 11.3 Å². The molecule has 0 radical (unpaired) electrons. The van der Waals surface area contributed by atoms with Gasteiger partial charge in [-0.05, 0) is 46.9 Å². The Bertz CT molecular complexity index is 911. The largest absolute Gasteiger partial charge is 0.319 e. The Balaban J connectivity index is 1.94. The first-order chi connectivity index (χ1) is 11.6.